The van der Waals surface area contributed by atoms with Gasteiger partial charge in [0, 0.05) is 0 Å². The van der Waals surface area contributed by atoms with Gasteiger partial charge in [-0.3, -0.25) is 9.89 Å². The van der Waals surface area contributed by atoms with Crippen LogP contribution in [0.5, 0.6) is 0 Å². The number of hydrogen-bond donors (Lipinski definition) is 2. The number of aromatic amines is 1. The van der Waals surface area contributed by atoms with Crippen LogP contribution in [0.4, 0.5) is 0 Å². The molecule has 0 spiro atoms. The summed E-state index contributed by atoms with van der Waals surface area (Å²) in [5.41, 5.74) is 5.29. The maximum Gasteiger partial charge on any atom is 0.313 e. The predicted octanol–water partition coefficient (Wildman–Crippen LogP) is -0.631. The van der Waals surface area contributed by atoms with Crippen LogP contribution in [0.2, 0.25) is 0 Å². The second-order valence-corrected chi connectivity index (χ2v) is 2.38. The number of nitrogens with zero attached hydrogens (tertiary/aromatic N) is 2. The summed E-state index contributed by atoms with van der Waals surface area (Å²) in [7, 11) is 0. The zero-order valence-corrected chi connectivity index (χ0v) is 7.41. The maximum atomic E-state index is 11.0. The van der Waals surface area contributed by atoms with Gasteiger partial charge in [0.05, 0.1) is 13.2 Å². The SMILES string of the molecule is CCOC(=O)Cc1nc(CN)n[nH]1. The van der Waals surface area contributed by atoms with E-state index in [1.165, 1.54) is 0 Å². The van der Waals surface area contributed by atoms with Crippen molar-refractivity contribution in [2.75, 3.05) is 6.61 Å². The lowest BCUT2D eigenvalue weighted by molar-refractivity contribution is -0.142. The number of esters is 1. The molecule has 1 aromatic rings. The minimum absolute atomic E-state index is 0.112. The van der Waals surface area contributed by atoms with Gasteiger partial charge in [-0.15, -0.1) is 0 Å². The maximum absolute atomic E-state index is 11.0. The van der Waals surface area contributed by atoms with E-state index in [1.54, 1.807) is 6.92 Å². The number of carbonyl (C=O) groups is 1. The van der Waals surface area contributed by atoms with Crippen LogP contribution in [0.15, 0.2) is 0 Å². The van der Waals surface area contributed by atoms with E-state index < -0.39 is 0 Å². The van der Waals surface area contributed by atoms with E-state index in [0.717, 1.165) is 0 Å². The first-order valence-corrected chi connectivity index (χ1v) is 4.02. The van der Waals surface area contributed by atoms with Gasteiger partial charge < -0.3 is 10.5 Å². The molecule has 0 aliphatic carbocycles. The lowest BCUT2D eigenvalue weighted by Crippen LogP contribution is -2.08. The monoisotopic (exact) mass is 184 g/mol. The molecule has 72 valence electrons. The van der Waals surface area contributed by atoms with Crippen molar-refractivity contribution in [1.82, 2.24) is 15.2 Å². The Morgan fingerprint density at radius 3 is 3.00 bits per heavy atom. The largest absolute Gasteiger partial charge is 0.466 e. The van der Waals surface area contributed by atoms with Crippen molar-refractivity contribution in [3.8, 4) is 0 Å². The van der Waals surface area contributed by atoms with Crippen LogP contribution in [-0.2, 0) is 22.5 Å². The molecule has 0 atom stereocenters. The first-order valence-electron chi connectivity index (χ1n) is 4.02. The van der Waals surface area contributed by atoms with Crippen molar-refractivity contribution < 1.29 is 9.53 Å². The molecule has 0 bridgehead atoms. The molecule has 0 aliphatic rings. The number of nitrogens with two attached hydrogens (primary N) is 1. The Balaban J connectivity index is 2.49. The number of nitrogens with one attached hydrogen (secondary N) is 1. The highest BCUT2D eigenvalue weighted by atomic mass is 16.5. The Labute approximate surface area is 75.5 Å². The van der Waals surface area contributed by atoms with Crippen molar-refractivity contribution in [2.24, 2.45) is 5.73 Å². The summed E-state index contributed by atoms with van der Waals surface area (Å²) in [6, 6.07) is 0. The summed E-state index contributed by atoms with van der Waals surface area (Å²) < 4.78 is 4.73. The van der Waals surface area contributed by atoms with Gasteiger partial charge in [0.25, 0.3) is 0 Å². The number of aromatic nitrogens is 3. The van der Waals surface area contributed by atoms with Gasteiger partial charge in [-0.1, -0.05) is 0 Å². The van der Waals surface area contributed by atoms with Crippen molar-refractivity contribution in [2.45, 2.75) is 19.9 Å². The average Bonchev–Trinajstić information content (AvgIpc) is 2.52. The minimum Gasteiger partial charge on any atom is -0.466 e. The van der Waals surface area contributed by atoms with E-state index in [2.05, 4.69) is 15.2 Å². The second-order valence-electron chi connectivity index (χ2n) is 2.38. The third-order valence-corrected chi connectivity index (χ3v) is 1.38. The summed E-state index contributed by atoms with van der Waals surface area (Å²) in [4.78, 5) is 14.9. The number of ether oxygens (including phenoxy) is 1. The van der Waals surface area contributed by atoms with Crippen LogP contribution in [0.1, 0.15) is 18.6 Å². The molecule has 1 heterocycles. The highest BCUT2D eigenvalue weighted by molar-refractivity contribution is 5.71. The standard InChI is InChI=1S/C7H12N4O2/c1-2-13-7(12)3-5-9-6(4-8)11-10-5/h2-4,8H2,1H3,(H,9,10,11). The van der Waals surface area contributed by atoms with Gasteiger partial charge in [-0.05, 0) is 6.92 Å². The molecule has 0 saturated heterocycles. The van der Waals surface area contributed by atoms with Crippen LogP contribution in [-0.4, -0.2) is 27.8 Å². The van der Waals surface area contributed by atoms with Gasteiger partial charge in [-0.2, -0.15) is 5.10 Å². The highest BCUT2D eigenvalue weighted by Gasteiger charge is 2.07. The average molecular weight is 184 g/mol. The molecule has 0 amide bonds. The van der Waals surface area contributed by atoms with Crippen LogP contribution in [0.3, 0.4) is 0 Å². The first-order chi connectivity index (χ1) is 6.26. The Bertz CT molecular complexity index is 284. The lowest BCUT2D eigenvalue weighted by Gasteiger charge is -1.97. The Morgan fingerprint density at radius 2 is 2.46 bits per heavy atom. The highest BCUT2D eigenvalue weighted by Crippen LogP contribution is 1.94. The molecular formula is C7H12N4O2. The summed E-state index contributed by atoms with van der Waals surface area (Å²) in [6.07, 6.45) is 0.112. The summed E-state index contributed by atoms with van der Waals surface area (Å²) in [6.45, 7) is 2.39. The smallest absolute Gasteiger partial charge is 0.313 e. The van der Waals surface area contributed by atoms with E-state index in [1.807, 2.05) is 0 Å². The van der Waals surface area contributed by atoms with Crippen molar-refractivity contribution in [1.29, 1.82) is 0 Å². The van der Waals surface area contributed by atoms with Gasteiger partial charge in [0.2, 0.25) is 0 Å². The molecule has 0 aliphatic heterocycles. The van der Waals surface area contributed by atoms with Gasteiger partial charge in [0.15, 0.2) is 5.82 Å². The van der Waals surface area contributed by atoms with Crippen LogP contribution >= 0.6 is 0 Å². The third kappa shape index (κ3) is 2.83. The fraction of sp³-hybridized carbons (Fsp3) is 0.571. The normalized spacial score (nSPS) is 10.0. The molecule has 1 aromatic heterocycles. The summed E-state index contributed by atoms with van der Waals surface area (Å²) in [5, 5.41) is 6.38. The molecule has 0 unspecified atom stereocenters. The number of hydrogen-bond acceptors (Lipinski definition) is 5. The van der Waals surface area contributed by atoms with E-state index in [-0.39, 0.29) is 18.9 Å². The lowest BCUT2D eigenvalue weighted by atomic mass is 10.4. The molecule has 6 heteroatoms. The Kier molecular flexibility index (Phi) is 3.39. The fourth-order valence-corrected chi connectivity index (χ4v) is 0.854. The zero-order valence-electron chi connectivity index (χ0n) is 7.41. The van der Waals surface area contributed by atoms with E-state index in [9.17, 15) is 4.79 Å². The second kappa shape index (κ2) is 4.56. The van der Waals surface area contributed by atoms with Crippen molar-refractivity contribution in [3.63, 3.8) is 0 Å². The van der Waals surface area contributed by atoms with E-state index >= 15 is 0 Å². The minimum atomic E-state index is -0.317. The molecule has 6 nitrogen and oxygen atoms in total. The predicted molar refractivity (Wildman–Crippen MR) is 44.6 cm³/mol. The molecule has 0 aromatic carbocycles. The summed E-state index contributed by atoms with van der Waals surface area (Å²) >= 11 is 0. The number of carbonyl (C=O) groups excluding carboxylic acids is 1. The van der Waals surface area contributed by atoms with Crippen molar-refractivity contribution >= 4 is 5.97 Å². The van der Waals surface area contributed by atoms with Gasteiger partial charge in [-0.25, -0.2) is 4.98 Å². The zero-order chi connectivity index (χ0) is 9.68. The molecule has 0 fully saturated rings. The topological polar surface area (TPSA) is 93.9 Å². The molecule has 0 radical (unpaired) electrons. The fourth-order valence-electron chi connectivity index (χ4n) is 0.854. The van der Waals surface area contributed by atoms with Crippen LogP contribution < -0.4 is 5.73 Å². The Morgan fingerprint density at radius 1 is 1.69 bits per heavy atom. The van der Waals surface area contributed by atoms with Gasteiger partial charge >= 0.3 is 5.97 Å². The number of rotatable bonds is 4. The Hall–Kier alpha value is -1.43. The van der Waals surface area contributed by atoms with Crippen LogP contribution in [0, 0.1) is 0 Å². The molecule has 13 heavy (non-hydrogen) atoms. The first kappa shape index (κ1) is 9.66. The van der Waals surface area contributed by atoms with Gasteiger partial charge in [0.1, 0.15) is 12.2 Å². The van der Waals surface area contributed by atoms with Crippen molar-refractivity contribution in [3.05, 3.63) is 11.6 Å². The third-order valence-electron chi connectivity index (χ3n) is 1.38. The number of H-pyrrole nitrogens is 1. The molecule has 3 N–H and O–H groups in total. The quantitative estimate of drug-likeness (QED) is 0.607. The molecule has 0 saturated carbocycles. The van der Waals surface area contributed by atoms with E-state index in [0.29, 0.717) is 18.3 Å². The molecular weight excluding hydrogens is 172 g/mol. The van der Waals surface area contributed by atoms with Crippen LogP contribution in [0.25, 0.3) is 0 Å². The summed E-state index contributed by atoms with van der Waals surface area (Å²) in [5.74, 6) is 0.667. The molecule has 1 rings (SSSR count). The van der Waals surface area contributed by atoms with E-state index in [4.69, 9.17) is 10.5 Å².